The molecule has 0 fully saturated rings. The lowest BCUT2D eigenvalue weighted by molar-refractivity contribution is 0.170. The molecule has 1 aromatic rings. The molecule has 0 radical (unpaired) electrons. The summed E-state index contributed by atoms with van der Waals surface area (Å²) in [5.74, 6) is 0.140. The number of rotatable bonds is 7. The molecule has 0 aliphatic carbocycles. The summed E-state index contributed by atoms with van der Waals surface area (Å²) >= 11 is 3.24. The maximum Gasteiger partial charge on any atom is 0.142 e. The van der Waals surface area contributed by atoms with Crippen LogP contribution in [0.25, 0.3) is 0 Å². The van der Waals surface area contributed by atoms with Gasteiger partial charge in [-0.1, -0.05) is 26.0 Å². The largest absolute Gasteiger partial charge is 0.385 e. The molecule has 1 N–H and O–H groups in total. The predicted octanol–water partition coefficient (Wildman–Crippen LogP) is 3.91. The summed E-state index contributed by atoms with van der Waals surface area (Å²) in [7, 11) is 1.69. The summed E-state index contributed by atoms with van der Waals surface area (Å²) in [4.78, 5) is 0. The number of hydrogen-bond acceptors (Lipinski definition) is 2. The lowest BCUT2D eigenvalue weighted by Crippen LogP contribution is -2.28. The molecule has 0 heterocycles. The second-order valence-electron chi connectivity index (χ2n) is 4.44. The van der Waals surface area contributed by atoms with Gasteiger partial charge in [-0.3, -0.25) is 0 Å². The molecule has 0 saturated carbocycles. The van der Waals surface area contributed by atoms with E-state index in [9.17, 15) is 4.39 Å². The first-order chi connectivity index (χ1) is 8.61. The van der Waals surface area contributed by atoms with Crippen LogP contribution in [0.1, 0.15) is 31.9 Å². The van der Waals surface area contributed by atoms with Crippen LogP contribution in [0.3, 0.4) is 0 Å². The van der Waals surface area contributed by atoms with Crippen LogP contribution >= 0.6 is 15.9 Å². The van der Waals surface area contributed by atoms with Crippen molar-refractivity contribution in [2.24, 2.45) is 5.92 Å². The van der Waals surface area contributed by atoms with Crippen molar-refractivity contribution in [3.05, 3.63) is 34.1 Å². The molecule has 2 nitrogen and oxygen atoms in total. The Labute approximate surface area is 117 Å². The van der Waals surface area contributed by atoms with E-state index in [1.807, 2.05) is 19.1 Å². The summed E-state index contributed by atoms with van der Waals surface area (Å²) < 4.78 is 19.8. The third-order valence-corrected chi connectivity index (χ3v) is 3.70. The standard InChI is InChI=1S/C14H21BrFNO/c1-4-17-14(10(2)8-9-18-3)11-6-5-7-12(15)13(11)16/h5-7,10,14,17H,4,8-9H2,1-3H3. The molecule has 4 heteroatoms. The van der Waals surface area contributed by atoms with E-state index in [1.54, 1.807) is 13.2 Å². The van der Waals surface area contributed by atoms with Gasteiger partial charge >= 0.3 is 0 Å². The monoisotopic (exact) mass is 317 g/mol. The van der Waals surface area contributed by atoms with E-state index in [-0.39, 0.29) is 11.9 Å². The van der Waals surface area contributed by atoms with Crippen molar-refractivity contribution in [3.8, 4) is 0 Å². The molecule has 0 spiro atoms. The summed E-state index contributed by atoms with van der Waals surface area (Å²) in [5.41, 5.74) is 0.717. The first-order valence-corrected chi connectivity index (χ1v) is 7.07. The molecule has 1 rings (SSSR count). The lowest BCUT2D eigenvalue weighted by atomic mass is 9.91. The van der Waals surface area contributed by atoms with Crippen molar-refractivity contribution >= 4 is 15.9 Å². The second-order valence-corrected chi connectivity index (χ2v) is 5.29. The highest BCUT2D eigenvalue weighted by molar-refractivity contribution is 9.10. The predicted molar refractivity (Wildman–Crippen MR) is 76.2 cm³/mol. The van der Waals surface area contributed by atoms with Crippen molar-refractivity contribution < 1.29 is 9.13 Å². The van der Waals surface area contributed by atoms with E-state index in [4.69, 9.17) is 4.74 Å². The van der Waals surface area contributed by atoms with Gasteiger partial charge in [0.05, 0.1) is 4.47 Å². The van der Waals surface area contributed by atoms with Gasteiger partial charge in [0.25, 0.3) is 0 Å². The minimum absolute atomic E-state index is 0.0163. The van der Waals surface area contributed by atoms with E-state index < -0.39 is 0 Å². The van der Waals surface area contributed by atoms with E-state index in [0.717, 1.165) is 18.5 Å². The average Bonchev–Trinajstić information content (AvgIpc) is 2.37. The highest BCUT2D eigenvalue weighted by Crippen LogP contribution is 2.29. The number of hydrogen-bond donors (Lipinski definition) is 1. The van der Waals surface area contributed by atoms with Crippen LogP contribution < -0.4 is 5.32 Å². The van der Waals surface area contributed by atoms with Gasteiger partial charge in [-0.05, 0) is 40.9 Å². The molecule has 0 aromatic heterocycles. The van der Waals surface area contributed by atoms with Crippen molar-refractivity contribution in [1.82, 2.24) is 5.32 Å². The van der Waals surface area contributed by atoms with Gasteiger partial charge in [0, 0.05) is 25.3 Å². The van der Waals surface area contributed by atoms with Crippen LogP contribution in [-0.4, -0.2) is 20.3 Å². The zero-order chi connectivity index (χ0) is 13.5. The molecule has 2 unspecified atom stereocenters. The van der Waals surface area contributed by atoms with E-state index in [1.165, 1.54) is 0 Å². The Morgan fingerprint density at radius 3 is 2.78 bits per heavy atom. The van der Waals surface area contributed by atoms with Crippen LogP contribution in [0.4, 0.5) is 4.39 Å². The topological polar surface area (TPSA) is 21.3 Å². The minimum Gasteiger partial charge on any atom is -0.385 e. The van der Waals surface area contributed by atoms with E-state index >= 15 is 0 Å². The highest BCUT2D eigenvalue weighted by atomic mass is 79.9. The summed E-state index contributed by atoms with van der Waals surface area (Å²) in [5, 5.41) is 3.36. The van der Waals surface area contributed by atoms with Gasteiger partial charge in [0.1, 0.15) is 5.82 Å². The molecule has 0 saturated heterocycles. The molecule has 0 amide bonds. The quantitative estimate of drug-likeness (QED) is 0.823. The molecule has 2 atom stereocenters. The number of nitrogens with one attached hydrogen (secondary N) is 1. The molecular formula is C14H21BrFNO. The fraction of sp³-hybridized carbons (Fsp3) is 0.571. The molecule has 18 heavy (non-hydrogen) atoms. The number of methoxy groups -OCH3 is 1. The van der Waals surface area contributed by atoms with Gasteiger partial charge in [-0.25, -0.2) is 4.39 Å². The second kappa shape index (κ2) is 7.87. The molecule has 0 aliphatic heterocycles. The first kappa shape index (κ1) is 15.6. The minimum atomic E-state index is -0.173. The Kier molecular flexibility index (Phi) is 6.82. The third kappa shape index (κ3) is 4.04. The van der Waals surface area contributed by atoms with Crippen LogP contribution in [0.15, 0.2) is 22.7 Å². The van der Waals surface area contributed by atoms with Gasteiger partial charge in [-0.15, -0.1) is 0 Å². The summed E-state index contributed by atoms with van der Waals surface area (Å²) in [6, 6.07) is 5.46. The fourth-order valence-corrected chi connectivity index (χ4v) is 2.45. The lowest BCUT2D eigenvalue weighted by Gasteiger charge is -2.25. The molecule has 102 valence electrons. The average molecular weight is 318 g/mol. The Balaban J connectivity index is 2.92. The highest BCUT2D eigenvalue weighted by Gasteiger charge is 2.22. The smallest absolute Gasteiger partial charge is 0.142 e. The maximum atomic E-state index is 14.1. The van der Waals surface area contributed by atoms with E-state index in [2.05, 4.69) is 28.2 Å². The third-order valence-electron chi connectivity index (χ3n) is 3.09. The Hall–Kier alpha value is -0.450. The number of ether oxygens (including phenoxy) is 1. The Bertz CT molecular complexity index is 373. The van der Waals surface area contributed by atoms with Gasteiger partial charge in [-0.2, -0.15) is 0 Å². The van der Waals surface area contributed by atoms with Gasteiger partial charge < -0.3 is 10.1 Å². The Morgan fingerprint density at radius 2 is 2.17 bits per heavy atom. The van der Waals surface area contributed by atoms with Crippen LogP contribution in [0, 0.1) is 11.7 Å². The van der Waals surface area contributed by atoms with Crippen molar-refractivity contribution in [2.45, 2.75) is 26.3 Å². The number of halogens is 2. The van der Waals surface area contributed by atoms with E-state index in [0.29, 0.717) is 17.0 Å². The van der Waals surface area contributed by atoms with Crippen LogP contribution in [0.2, 0.25) is 0 Å². The van der Waals surface area contributed by atoms with Crippen molar-refractivity contribution in [2.75, 3.05) is 20.3 Å². The fourth-order valence-electron chi connectivity index (χ4n) is 2.07. The maximum absolute atomic E-state index is 14.1. The SMILES string of the molecule is CCNC(c1cccc(Br)c1F)C(C)CCOC. The number of benzene rings is 1. The molecule has 0 bridgehead atoms. The van der Waals surface area contributed by atoms with Crippen molar-refractivity contribution in [3.63, 3.8) is 0 Å². The Morgan fingerprint density at radius 1 is 1.44 bits per heavy atom. The zero-order valence-electron chi connectivity index (χ0n) is 11.2. The van der Waals surface area contributed by atoms with Gasteiger partial charge in [0.15, 0.2) is 0 Å². The molecule has 1 aromatic carbocycles. The summed E-state index contributed by atoms with van der Waals surface area (Å²) in [6.45, 7) is 5.66. The zero-order valence-corrected chi connectivity index (χ0v) is 12.8. The van der Waals surface area contributed by atoms with Crippen LogP contribution in [0.5, 0.6) is 0 Å². The van der Waals surface area contributed by atoms with Crippen molar-refractivity contribution in [1.29, 1.82) is 0 Å². The normalized spacial score (nSPS) is 14.5. The van der Waals surface area contributed by atoms with Crippen LogP contribution in [-0.2, 0) is 4.74 Å². The first-order valence-electron chi connectivity index (χ1n) is 6.28. The molecular weight excluding hydrogens is 297 g/mol. The molecule has 0 aliphatic rings. The summed E-state index contributed by atoms with van der Waals surface area (Å²) in [6.07, 6.45) is 0.903. The van der Waals surface area contributed by atoms with Gasteiger partial charge in [0.2, 0.25) is 0 Å².